The van der Waals surface area contributed by atoms with Crippen molar-refractivity contribution in [3.63, 3.8) is 0 Å². The van der Waals surface area contributed by atoms with Crippen LogP contribution in [0.5, 0.6) is 0 Å². The fourth-order valence-electron chi connectivity index (χ4n) is 3.71. The van der Waals surface area contributed by atoms with Crippen LogP contribution < -0.4 is 10.6 Å². The maximum absolute atomic E-state index is 14.5. The number of nitrogens with one attached hydrogen (secondary N) is 3. The Labute approximate surface area is 183 Å². The van der Waals surface area contributed by atoms with Crippen molar-refractivity contribution in [3.8, 4) is 11.4 Å². The molecule has 3 aromatic rings. The molecule has 0 radical (unpaired) electrons. The van der Waals surface area contributed by atoms with Gasteiger partial charge in [-0.1, -0.05) is 24.4 Å². The van der Waals surface area contributed by atoms with E-state index in [2.05, 4.69) is 25.3 Å². The van der Waals surface area contributed by atoms with Crippen LogP contribution >= 0.6 is 11.6 Å². The Kier molecular flexibility index (Phi) is 5.46. The molecule has 31 heavy (non-hydrogen) atoms. The summed E-state index contributed by atoms with van der Waals surface area (Å²) in [6.45, 7) is -1.46. The Morgan fingerprint density at radius 1 is 1.26 bits per heavy atom. The topological polar surface area (TPSA) is 95.6 Å². The summed E-state index contributed by atoms with van der Waals surface area (Å²) in [6, 6.07) is 1.65. The minimum Gasteiger partial charge on any atom is -0.353 e. The Balaban J connectivity index is 0.00000193. The molecule has 12 heteroatoms. The van der Waals surface area contributed by atoms with Crippen molar-refractivity contribution in [3.05, 3.63) is 35.5 Å². The number of halogens is 5. The molecule has 1 aliphatic carbocycles. The van der Waals surface area contributed by atoms with Crippen molar-refractivity contribution in [2.45, 2.75) is 37.4 Å². The van der Waals surface area contributed by atoms with Gasteiger partial charge in [-0.25, -0.2) is 19.3 Å². The summed E-state index contributed by atoms with van der Waals surface area (Å²) in [5.41, 5.74) is -0.348. The lowest BCUT2D eigenvalue weighted by atomic mass is 9.96. The number of aromatic nitrogens is 4. The van der Waals surface area contributed by atoms with Gasteiger partial charge in [-0.3, -0.25) is 4.79 Å². The van der Waals surface area contributed by atoms with Gasteiger partial charge < -0.3 is 15.6 Å². The summed E-state index contributed by atoms with van der Waals surface area (Å²) in [5.74, 6) is -1.79. The number of H-pyrrole nitrogens is 1. The highest BCUT2D eigenvalue weighted by molar-refractivity contribution is 6.31. The van der Waals surface area contributed by atoms with Gasteiger partial charge in [-0.2, -0.15) is 13.2 Å². The molecule has 0 aromatic carbocycles. The predicted octanol–water partition coefficient (Wildman–Crippen LogP) is 4.95. The van der Waals surface area contributed by atoms with E-state index in [4.69, 9.17) is 11.6 Å². The molecule has 4 rings (SSSR count). The first-order chi connectivity index (χ1) is 14.7. The van der Waals surface area contributed by atoms with Gasteiger partial charge in [0.05, 0.1) is 11.2 Å². The second-order valence-corrected chi connectivity index (χ2v) is 7.79. The van der Waals surface area contributed by atoms with E-state index in [1.54, 1.807) is 12.3 Å². The maximum Gasteiger partial charge on any atom is 0.405 e. The highest BCUT2D eigenvalue weighted by Crippen LogP contribution is 2.35. The summed E-state index contributed by atoms with van der Waals surface area (Å²) in [5, 5.41) is 5.66. The molecular weight excluding hydrogens is 440 g/mol. The van der Waals surface area contributed by atoms with Gasteiger partial charge in [0.1, 0.15) is 17.7 Å². The lowest BCUT2D eigenvalue weighted by molar-refractivity contribution is -0.141. The van der Waals surface area contributed by atoms with Crippen molar-refractivity contribution in [2.75, 3.05) is 11.9 Å². The van der Waals surface area contributed by atoms with Gasteiger partial charge in [0.15, 0.2) is 17.5 Å². The van der Waals surface area contributed by atoms with E-state index in [-0.39, 0.29) is 28.8 Å². The van der Waals surface area contributed by atoms with Crippen LogP contribution in [0.15, 0.2) is 24.7 Å². The number of alkyl halides is 3. The Morgan fingerprint density at radius 3 is 2.71 bits per heavy atom. The fraction of sp³-hybridized carbons (Fsp3) is 0.368. The van der Waals surface area contributed by atoms with E-state index in [1.807, 2.05) is 5.32 Å². The lowest BCUT2D eigenvalue weighted by Crippen LogP contribution is -2.52. The Morgan fingerprint density at radius 2 is 2.00 bits per heavy atom. The molecule has 0 atom stereocenters. The van der Waals surface area contributed by atoms with Crippen LogP contribution in [0.2, 0.25) is 5.02 Å². The number of fused-ring (bicyclic) bond motifs is 1. The highest BCUT2D eigenvalue weighted by atomic mass is 35.5. The summed E-state index contributed by atoms with van der Waals surface area (Å²) >= 11 is 6.01. The van der Waals surface area contributed by atoms with E-state index in [1.165, 1.54) is 6.20 Å². The Hall–Kier alpha value is -2.95. The maximum atomic E-state index is 14.5. The van der Waals surface area contributed by atoms with E-state index in [9.17, 15) is 22.4 Å². The Bertz CT molecular complexity index is 1140. The van der Waals surface area contributed by atoms with E-state index in [0.29, 0.717) is 34.5 Å². The third kappa shape index (κ3) is 4.41. The van der Waals surface area contributed by atoms with Crippen LogP contribution in [0.4, 0.5) is 23.4 Å². The number of carbonyl (C=O) groups excluding carboxylic acids is 1. The van der Waals surface area contributed by atoms with Crippen LogP contribution in [0.1, 0.15) is 30.0 Å². The van der Waals surface area contributed by atoms with Crippen LogP contribution in [0, 0.1) is 5.82 Å². The standard InChI is InChI=1S/C19H17ClF4N6O.3H2/c20-10-5-11-12(7-26-14(11)25-6-10)15-27-8-13(21)16(29-15)30-18(3-1-2-4-18)17(31)28-9-19(22,23)24;;;/h5-8H,1-4,9H2,(H,25,26)(H,28,31)(H,27,29,30);3*1H. The van der Waals surface area contributed by atoms with Gasteiger partial charge in [0.25, 0.3) is 0 Å². The van der Waals surface area contributed by atoms with Crippen molar-refractivity contribution in [2.24, 2.45) is 0 Å². The second-order valence-electron chi connectivity index (χ2n) is 7.35. The minimum absolute atomic E-state index is 0. The first-order valence-corrected chi connectivity index (χ1v) is 9.83. The summed E-state index contributed by atoms with van der Waals surface area (Å²) in [7, 11) is 0. The molecule has 0 unspecified atom stereocenters. The zero-order chi connectivity index (χ0) is 22.2. The number of hydrogen-bond acceptors (Lipinski definition) is 5. The average Bonchev–Trinajstić information content (AvgIpc) is 3.35. The molecule has 3 aromatic heterocycles. The lowest BCUT2D eigenvalue weighted by Gasteiger charge is -2.30. The van der Waals surface area contributed by atoms with E-state index in [0.717, 1.165) is 6.20 Å². The average molecular weight is 463 g/mol. The molecule has 170 valence electrons. The SMILES string of the molecule is O=C(NCC(F)(F)F)C1(Nc2nc(-c3c[nH]c4ncc(Cl)cc34)ncc2F)CCCC1.[HH].[HH].[HH]. The van der Waals surface area contributed by atoms with E-state index >= 15 is 0 Å². The van der Waals surface area contributed by atoms with Crippen LogP contribution in [-0.2, 0) is 4.79 Å². The van der Waals surface area contributed by atoms with Crippen molar-refractivity contribution < 1.29 is 26.6 Å². The van der Waals surface area contributed by atoms with Crippen molar-refractivity contribution in [1.82, 2.24) is 25.3 Å². The minimum atomic E-state index is -4.55. The molecule has 1 fully saturated rings. The molecule has 0 bridgehead atoms. The molecule has 1 aliphatic rings. The molecule has 3 heterocycles. The highest BCUT2D eigenvalue weighted by Gasteiger charge is 2.43. The van der Waals surface area contributed by atoms with Crippen LogP contribution in [0.25, 0.3) is 22.4 Å². The number of anilines is 1. The van der Waals surface area contributed by atoms with Crippen LogP contribution in [0.3, 0.4) is 0 Å². The quantitative estimate of drug-likeness (QED) is 0.466. The zero-order valence-electron chi connectivity index (χ0n) is 16.0. The molecule has 0 aliphatic heterocycles. The van der Waals surface area contributed by atoms with Crippen LogP contribution in [-0.4, -0.2) is 44.1 Å². The first-order valence-electron chi connectivity index (χ1n) is 9.46. The largest absolute Gasteiger partial charge is 0.405 e. The van der Waals surface area contributed by atoms with Gasteiger partial charge in [0.2, 0.25) is 5.91 Å². The number of rotatable bonds is 5. The molecule has 1 amide bonds. The number of amides is 1. The molecule has 7 nitrogen and oxygen atoms in total. The van der Waals surface area contributed by atoms with Gasteiger partial charge in [0, 0.05) is 27.6 Å². The molecule has 0 saturated heterocycles. The molecular formula is C19H23ClF4N6O. The smallest absolute Gasteiger partial charge is 0.353 e. The van der Waals surface area contributed by atoms with Gasteiger partial charge in [-0.05, 0) is 18.9 Å². The predicted molar refractivity (Wildman–Crippen MR) is 112 cm³/mol. The fourth-order valence-corrected chi connectivity index (χ4v) is 3.87. The van der Waals surface area contributed by atoms with Crippen molar-refractivity contribution in [1.29, 1.82) is 0 Å². The second kappa shape index (κ2) is 7.95. The number of carbonyl (C=O) groups is 1. The monoisotopic (exact) mass is 462 g/mol. The third-order valence-electron chi connectivity index (χ3n) is 5.18. The van der Waals surface area contributed by atoms with Gasteiger partial charge in [-0.15, -0.1) is 0 Å². The molecule has 0 spiro atoms. The third-order valence-corrected chi connectivity index (χ3v) is 5.39. The molecule has 1 saturated carbocycles. The number of nitrogens with zero attached hydrogens (tertiary/aromatic N) is 3. The number of hydrogen-bond donors (Lipinski definition) is 3. The normalized spacial score (nSPS) is 15.9. The van der Waals surface area contributed by atoms with E-state index < -0.39 is 30.0 Å². The zero-order valence-corrected chi connectivity index (χ0v) is 16.7. The summed E-state index contributed by atoms with van der Waals surface area (Å²) in [6.07, 6.45) is 1.17. The summed E-state index contributed by atoms with van der Waals surface area (Å²) < 4.78 is 52.2. The summed E-state index contributed by atoms with van der Waals surface area (Å²) in [4.78, 5) is 27.9. The number of pyridine rings is 1. The van der Waals surface area contributed by atoms with Gasteiger partial charge >= 0.3 is 6.18 Å². The molecule has 3 N–H and O–H groups in total. The first kappa shape index (κ1) is 21.3. The number of aromatic amines is 1. The van der Waals surface area contributed by atoms with Crippen molar-refractivity contribution >= 4 is 34.4 Å².